The average Bonchev–Trinajstić information content (AvgIpc) is 2.61. The van der Waals surface area contributed by atoms with E-state index < -0.39 is 0 Å². The summed E-state index contributed by atoms with van der Waals surface area (Å²) in [6.07, 6.45) is 0.914. The predicted molar refractivity (Wildman–Crippen MR) is 57.4 cm³/mol. The lowest BCUT2D eigenvalue weighted by atomic mass is 10.3. The summed E-state index contributed by atoms with van der Waals surface area (Å²) >= 11 is 0. The second-order valence-electron chi connectivity index (χ2n) is 3.55. The van der Waals surface area contributed by atoms with Crippen LogP contribution >= 0.6 is 0 Å². The van der Waals surface area contributed by atoms with Gasteiger partial charge in [0.05, 0.1) is 30.6 Å². The van der Waals surface area contributed by atoms with Gasteiger partial charge in [0, 0.05) is 13.6 Å². The van der Waals surface area contributed by atoms with Crippen LogP contribution in [0.5, 0.6) is 0 Å². The van der Waals surface area contributed by atoms with Crippen molar-refractivity contribution in [1.82, 2.24) is 15.1 Å². The van der Waals surface area contributed by atoms with Crippen molar-refractivity contribution in [3.05, 3.63) is 17.5 Å². The molecule has 0 atom stereocenters. The van der Waals surface area contributed by atoms with E-state index in [1.165, 1.54) is 0 Å². The quantitative estimate of drug-likeness (QED) is 0.591. The molecule has 0 bridgehead atoms. The Labute approximate surface area is 89.7 Å². The van der Waals surface area contributed by atoms with Gasteiger partial charge >= 0.3 is 0 Å². The first kappa shape index (κ1) is 12.2. The highest BCUT2D eigenvalue weighted by molar-refractivity contribution is 5.10. The summed E-state index contributed by atoms with van der Waals surface area (Å²) in [6.45, 7) is 2.54. The van der Waals surface area contributed by atoms with Crippen LogP contribution in [0, 0.1) is 0 Å². The number of hydrogen-bond acceptors (Lipinski definition) is 4. The first-order valence-corrected chi connectivity index (χ1v) is 5.18. The van der Waals surface area contributed by atoms with Gasteiger partial charge < -0.3 is 15.5 Å². The molecule has 0 aliphatic carbocycles. The smallest absolute Gasteiger partial charge is 0.0625 e. The van der Waals surface area contributed by atoms with Crippen LogP contribution in [0.4, 0.5) is 0 Å². The molecule has 0 amide bonds. The van der Waals surface area contributed by atoms with E-state index in [0.717, 1.165) is 17.8 Å². The molecule has 1 aromatic rings. The van der Waals surface area contributed by atoms with Crippen LogP contribution in [-0.2, 0) is 20.0 Å². The number of rotatable bonds is 6. The summed E-state index contributed by atoms with van der Waals surface area (Å²) in [7, 11) is 1.89. The monoisotopic (exact) mass is 213 g/mol. The Kier molecular flexibility index (Phi) is 4.74. The van der Waals surface area contributed by atoms with Crippen LogP contribution in [0.15, 0.2) is 6.07 Å². The molecular formula is C10H19N3O2. The van der Waals surface area contributed by atoms with Gasteiger partial charge in [-0.05, 0) is 12.5 Å². The third-order valence-corrected chi connectivity index (χ3v) is 2.40. The first-order valence-electron chi connectivity index (χ1n) is 5.18. The summed E-state index contributed by atoms with van der Waals surface area (Å²) in [5, 5.41) is 25.1. The minimum Gasteiger partial charge on any atom is -0.395 e. The minimum absolute atomic E-state index is 0.0605. The number of nitrogens with zero attached hydrogens (tertiary/aromatic N) is 2. The summed E-state index contributed by atoms with van der Waals surface area (Å²) in [5.41, 5.74) is 2.11. The molecule has 1 heterocycles. The zero-order valence-corrected chi connectivity index (χ0v) is 9.27. The van der Waals surface area contributed by atoms with Gasteiger partial charge in [0.1, 0.15) is 0 Å². The van der Waals surface area contributed by atoms with Crippen LogP contribution in [-0.4, -0.2) is 39.2 Å². The van der Waals surface area contributed by atoms with Crippen molar-refractivity contribution in [2.24, 2.45) is 7.05 Å². The summed E-state index contributed by atoms with van der Waals surface area (Å²) < 4.78 is 1.82. The van der Waals surface area contributed by atoms with Crippen LogP contribution in [0.3, 0.4) is 0 Å². The fraction of sp³-hybridized carbons (Fsp3) is 0.700. The molecule has 1 aromatic heterocycles. The summed E-state index contributed by atoms with van der Waals surface area (Å²) in [4.78, 5) is 0. The van der Waals surface area contributed by atoms with E-state index >= 15 is 0 Å². The van der Waals surface area contributed by atoms with Crippen LogP contribution in [0.1, 0.15) is 18.3 Å². The van der Waals surface area contributed by atoms with Gasteiger partial charge in [-0.1, -0.05) is 6.92 Å². The van der Waals surface area contributed by atoms with Crippen LogP contribution < -0.4 is 5.32 Å². The highest BCUT2D eigenvalue weighted by Gasteiger charge is 2.07. The van der Waals surface area contributed by atoms with Gasteiger partial charge in [-0.15, -0.1) is 0 Å². The molecule has 0 saturated heterocycles. The highest BCUT2D eigenvalue weighted by Crippen LogP contribution is 2.03. The molecular weight excluding hydrogens is 194 g/mol. The lowest BCUT2D eigenvalue weighted by Crippen LogP contribution is -2.35. The van der Waals surface area contributed by atoms with Crippen molar-refractivity contribution < 1.29 is 10.2 Å². The van der Waals surface area contributed by atoms with Crippen molar-refractivity contribution in [1.29, 1.82) is 0 Å². The Balaban J connectivity index is 2.52. The van der Waals surface area contributed by atoms with Crippen LogP contribution in [0.2, 0.25) is 0 Å². The van der Waals surface area contributed by atoms with E-state index in [1.807, 2.05) is 17.8 Å². The van der Waals surface area contributed by atoms with Crippen molar-refractivity contribution in [3.8, 4) is 0 Å². The molecule has 86 valence electrons. The maximum atomic E-state index is 8.88. The Hall–Kier alpha value is -0.910. The molecule has 0 radical (unpaired) electrons. The second kappa shape index (κ2) is 5.85. The van der Waals surface area contributed by atoms with Gasteiger partial charge in [-0.2, -0.15) is 5.10 Å². The second-order valence-corrected chi connectivity index (χ2v) is 3.55. The number of aliphatic hydroxyl groups excluding tert-OH is 2. The van der Waals surface area contributed by atoms with Crippen molar-refractivity contribution >= 4 is 0 Å². The normalized spacial score (nSPS) is 11.3. The molecule has 0 aromatic carbocycles. The Morgan fingerprint density at radius 3 is 2.60 bits per heavy atom. The van der Waals surface area contributed by atoms with E-state index in [9.17, 15) is 0 Å². The molecule has 0 fully saturated rings. The lowest BCUT2D eigenvalue weighted by molar-refractivity contribution is 0.169. The summed E-state index contributed by atoms with van der Waals surface area (Å²) in [6, 6.07) is 1.77. The molecule has 0 saturated carbocycles. The van der Waals surface area contributed by atoms with Crippen molar-refractivity contribution in [3.63, 3.8) is 0 Å². The SMILES string of the molecule is CCc1cc(CNC(CO)CO)n(C)n1. The number of aliphatic hydroxyl groups is 2. The average molecular weight is 213 g/mol. The highest BCUT2D eigenvalue weighted by atomic mass is 16.3. The third kappa shape index (κ3) is 3.30. The van der Waals surface area contributed by atoms with E-state index in [4.69, 9.17) is 10.2 Å². The van der Waals surface area contributed by atoms with E-state index in [-0.39, 0.29) is 19.3 Å². The predicted octanol–water partition coefficient (Wildman–Crippen LogP) is -0.575. The zero-order valence-electron chi connectivity index (χ0n) is 9.27. The Morgan fingerprint density at radius 2 is 2.13 bits per heavy atom. The molecule has 5 heteroatoms. The molecule has 1 rings (SSSR count). The number of hydrogen-bond donors (Lipinski definition) is 3. The molecule has 3 N–H and O–H groups in total. The van der Waals surface area contributed by atoms with E-state index in [0.29, 0.717) is 6.54 Å². The topological polar surface area (TPSA) is 70.3 Å². The van der Waals surface area contributed by atoms with E-state index in [2.05, 4.69) is 17.3 Å². The molecule has 0 aliphatic rings. The maximum absolute atomic E-state index is 8.88. The lowest BCUT2D eigenvalue weighted by Gasteiger charge is -2.12. The Morgan fingerprint density at radius 1 is 1.47 bits per heavy atom. The van der Waals surface area contributed by atoms with Gasteiger partial charge in [0.25, 0.3) is 0 Å². The van der Waals surface area contributed by atoms with Gasteiger partial charge in [-0.25, -0.2) is 0 Å². The third-order valence-electron chi connectivity index (χ3n) is 2.40. The van der Waals surface area contributed by atoms with Gasteiger partial charge in [-0.3, -0.25) is 4.68 Å². The molecule has 0 unspecified atom stereocenters. The zero-order chi connectivity index (χ0) is 11.3. The van der Waals surface area contributed by atoms with Gasteiger partial charge in [0.15, 0.2) is 0 Å². The Bertz CT molecular complexity index is 295. The number of aryl methyl sites for hydroxylation is 2. The van der Waals surface area contributed by atoms with Gasteiger partial charge in [0.2, 0.25) is 0 Å². The number of aromatic nitrogens is 2. The standard InChI is InChI=1S/C10H19N3O2/c1-3-8-4-10(13(2)12-8)5-11-9(6-14)7-15/h4,9,11,14-15H,3,5-7H2,1-2H3. The number of nitrogens with one attached hydrogen (secondary N) is 1. The van der Waals surface area contributed by atoms with E-state index in [1.54, 1.807) is 0 Å². The minimum atomic E-state index is -0.259. The van der Waals surface area contributed by atoms with Crippen LogP contribution in [0.25, 0.3) is 0 Å². The largest absolute Gasteiger partial charge is 0.395 e. The van der Waals surface area contributed by atoms with Crippen molar-refractivity contribution in [2.75, 3.05) is 13.2 Å². The molecule has 0 spiro atoms. The first-order chi connectivity index (χ1) is 7.21. The maximum Gasteiger partial charge on any atom is 0.0625 e. The molecule has 0 aliphatic heterocycles. The van der Waals surface area contributed by atoms with Crippen molar-refractivity contribution in [2.45, 2.75) is 25.9 Å². The molecule has 15 heavy (non-hydrogen) atoms. The fourth-order valence-corrected chi connectivity index (χ4v) is 1.35. The fourth-order valence-electron chi connectivity index (χ4n) is 1.35. The molecule has 5 nitrogen and oxygen atoms in total. The summed E-state index contributed by atoms with van der Waals surface area (Å²) in [5.74, 6) is 0.